The Bertz CT molecular complexity index is 785. The summed E-state index contributed by atoms with van der Waals surface area (Å²) in [7, 11) is 1.52. The molecule has 0 bridgehead atoms. The summed E-state index contributed by atoms with van der Waals surface area (Å²) in [6.07, 6.45) is 1.57. The summed E-state index contributed by atoms with van der Waals surface area (Å²) in [5, 5.41) is 7.77. The number of benzene rings is 2. The zero-order chi connectivity index (χ0) is 18.9. The molecule has 2 N–H and O–H groups in total. The Kier molecular flexibility index (Phi) is 7.62. The lowest BCUT2D eigenvalue weighted by molar-refractivity contribution is 0.284. The van der Waals surface area contributed by atoms with Crippen LogP contribution in [0.5, 0.6) is 11.5 Å². The molecule has 2 rings (SSSR count). The second-order valence-corrected chi connectivity index (χ2v) is 5.99. The first kappa shape index (κ1) is 19.9. The predicted molar refractivity (Wildman–Crippen MR) is 106 cm³/mol. The van der Waals surface area contributed by atoms with E-state index >= 15 is 0 Å². The first-order valence-corrected chi connectivity index (χ1v) is 8.63. The maximum absolute atomic E-state index is 13.0. The maximum atomic E-state index is 13.0. The van der Waals surface area contributed by atoms with Crippen molar-refractivity contribution in [1.82, 2.24) is 10.7 Å². The van der Waals surface area contributed by atoms with Crippen LogP contribution < -0.4 is 20.2 Å². The van der Waals surface area contributed by atoms with Gasteiger partial charge in [-0.05, 0) is 54.5 Å². The van der Waals surface area contributed by atoms with Gasteiger partial charge in [0.15, 0.2) is 16.6 Å². The first-order valence-electron chi connectivity index (χ1n) is 7.85. The van der Waals surface area contributed by atoms with E-state index in [1.165, 1.54) is 19.2 Å². The lowest BCUT2D eigenvalue weighted by atomic mass is 10.2. The van der Waals surface area contributed by atoms with Crippen molar-refractivity contribution in [1.29, 1.82) is 0 Å². The van der Waals surface area contributed by atoms with Crippen LogP contribution in [0.2, 0.25) is 5.02 Å². The van der Waals surface area contributed by atoms with E-state index in [-0.39, 0.29) is 12.4 Å². The number of hydrogen-bond donors (Lipinski definition) is 2. The maximum Gasteiger partial charge on any atom is 0.186 e. The molecule has 0 saturated carbocycles. The zero-order valence-corrected chi connectivity index (χ0v) is 16.0. The molecule has 2 aromatic carbocycles. The average molecular weight is 396 g/mol. The smallest absolute Gasteiger partial charge is 0.186 e. The summed E-state index contributed by atoms with van der Waals surface area (Å²) in [5.74, 6) is 0.581. The minimum atomic E-state index is -0.296. The van der Waals surface area contributed by atoms with Gasteiger partial charge in [0.1, 0.15) is 12.4 Å². The van der Waals surface area contributed by atoms with E-state index in [1.807, 2.05) is 6.92 Å². The Morgan fingerprint density at radius 1 is 1.31 bits per heavy atom. The van der Waals surface area contributed by atoms with Gasteiger partial charge in [-0.15, -0.1) is 0 Å². The molecule has 0 aliphatic carbocycles. The fraction of sp³-hybridized carbons (Fsp3) is 0.222. The molecule has 0 amide bonds. The van der Waals surface area contributed by atoms with Crippen molar-refractivity contribution in [3.8, 4) is 11.5 Å². The van der Waals surface area contributed by atoms with Gasteiger partial charge in [0.2, 0.25) is 0 Å². The second kappa shape index (κ2) is 9.94. The summed E-state index contributed by atoms with van der Waals surface area (Å²) in [6, 6.07) is 9.49. The number of hydrazone groups is 1. The van der Waals surface area contributed by atoms with Gasteiger partial charge in [0.05, 0.1) is 18.3 Å². The molecule has 0 spiro atoms. The Balaban J connectivity index is 2.09. The van der Waals surface area contributed by atoms with Crippen LogP contribution >= 0.6 is 23.8 Å². The summed E-state index contributed by atoms with van der Waals surface area (Å²) < 4.78 is 24.1. The van der Waals surface area contributed by atoms with Crippen LogP contribution in [-0.4, -0.2) is 25.0 Å². The van der Waals surface area contributed by atoms with Crippen LogP contribution in [0.1, 0.15) is 18.1 Å². The summed E-state index contributed by atoms with van der Waals surface area (Å²) in [4.78, 5) is 0. The minimum Gasteiger partial charge on any atom is -0.493 e. The third-order valence-electron chi connectivity index (χ3n) is 3.27. The van der Waals surface area contributed by atoms with Crippen molar-refractivity contribution in [2.24, 2.45) is 5.10 Å². The largest absolute Gasteiger partial charge is 0.493 e. The number of rotatable bonds is 7. The number of methoxy groups -OCH3 is 1. The van der Waals surface area contributed by atoms with E-state index in [1.54, 1.807) is 30.5 Å². The van der Waals surface area contributed by atoms with E-state index in [4.69, 9.17) is 33.3 Å². The molecule has 0 radical (unpaired) electrons. The van der Waals surface area contributed by atoms with E-state index in [2.05, 4.69) is 15.8 Å². The molecule has 138 valence electrons. The number of thiocarbonyl (C=S) groups is 1. The van der Waals surface area contributed by atoms with Gasteiger partial charge >= 0.3 is 0 Å². The standard InChI is InChI=1S/C18H19ClFN3O2S/c1-3-21-18(26)23-22-10-13-8-15(19)17(16(9-13)24-2)25-11-12-4-6-14(20)7-5-12/h4-10H,3,11H2,1-2H3,(H2,21,23,26)/b22-10-. The van der Waals surface area contributed by atoms with Gasteiger partial charge in [-0.3, -0.25) is 5.43 Å². The Labute approximate surface area is 162 Å². The van der Waals surface area contributed by atoms with Gasteiger partial charge in [0, 0.05) is 6.54 Å². The third kappa shape index (κ3) is 5.86. The Hall–Kier alpha value is -2.38. The van der Waals surface area contributed by atoms with Crippen molar-refractivity contribution >= 4 is 35.1 Å². The van der Waals surface area contributed by atoms with Gasteiger partial charge in [-0.2, -0.15) is 5.10 Å². The number of nitrogens with zero attached hydrogens (tertiary/aromatic N) is 1. The molecule has 0 heterocycles. The molecule has 26 heavy (non-hydrogen) atoms. The SMILES string of the molecule is CCNC(=S)N/N=C\c1cc(Cl)c(OCc2ccc(F)cc2)c(OC)c1. The first-order chi connectivity index (χ1) is 12.5. The normalized spacial score (nSPS) is 10.6. The van der Waals surface area contributed by atoms with Crippen LogP contribution in [0, 0.1) is 5.82 Å². The summed E-state index contributed by atoms with van der Waals surface area (Å²) >= 11 is 11.3. The molecular weight excluding hydrogens is 377 g/mol. The van der Waals surface area contributed by atoms with Gasteiger partial charge in [0.25, 0.3) is 0 Å². The highest BCUT2D eigenvalue weighted by molar-refractivity contribution is 7.80. The number of nitrogens with one attached hydrogen (secondary N) is 2. The monoisotopic (exact) mass is 395 g/mol. The molecule has 0 saturated heterocycles. The lowest BCUT2D eigenvalue weighted by Gasteiger charge is -2.13. The second-order valence-electron chi connectivity index (χ2n) is 5.18. The highest BCUT2D eigenvalue weighted by Gasteiger charge is 2.12. The van der Waals surface area contributed by atoms with Crippen LogP contribution in [-0.2, 0) is 6.61 Å². The molecule has 5 nitrogen and oxygen atoms in total. The van der Waals surface area contributed by atoms with E-state index in [9.17, 15) is 4.39 Å². The van der Waals surface area contributed by atoms with Crippen molar-refractivity contribution in [2.45, 2.75) is 13.5 Å². The number of ether oxygens (including phenoxy) is 2. The fourth-order valence-electron chi connectivity index (χ4n) is 2.06. The molecule has 0 fully saturated rings. The van der Waals surface area contributed by atoms with Crippen LogP contribution in [0.25, 0.3) is 0 Å². The molecule has 0 aliphatic rings. The topological polar surface area (TPSA) is 54.9 Å². The molecule has 0 atom stereocenters. The van der Waals surface area contributed by atoms with E-state index < -0.39 is 0 Å². The van der Waals surface area contributed by atoms with Crippen molar-refractivity contribution in [2.75, 3.05) is 13.7 Å². The lowest BCUT2D eigenvalue weighted by Crippen LogP contribution is -2.31. The van der Waals surface area contributed by atoms with Crippen LogP contribution in [0.3, 0.4) is 0 Å². The van der Waals surface area contributed by atoms with Gasteiger partial charge < -0.3 is 14.8 Å². The van der Waals surface area contributed by atoms with Crippen LogP contribution in [0.4, 0.5) is 4.39 Å². The number of hydrogen-bond acceptors (Lipinski definition) is 4. The Morgan fingerprint density at radius 2 is 2.04 bits per heavy atom. The fourth-order valence-corrected chi connectivity index (χ4v) is 2.53. The highest BCUT2D eigenvalue weighted by Crippen LogP contribution is 2.36. The molecule has 2 aromatic rings. The molecule has 0 aromatic heterocycles. The quantitative estimate of drug-likeness (QED) is 0.423. The summed E-state index contributed by atoms with van der Waals surface area (Å²) in [5.41, 5.74) is 4.23. The van der Waals surface area contributed by atoms with Crippen LogP contribution in [0.15, 0.2) is 41.5 Å². The highest BCUT2D eigenvalue weighted by atomic mass is 35.5. The van der Waals surface area contributed by atoms with Crippen molar-refractivity contribution < 1.29 is 13.9 Å². The van der Waals surface area contributed by atoms with E-state index in [0.717, 1.165) is 5.56 Å². The van der Waals surface area contributed by atoms with Crippen molar-refractivity contribution in [3.63, 3.8) is 0 Å². The number of halogens is 2. The molecule has 0 aliphatic heterocycles. The summed E-state index contributed by atoms with van der Waals surface area (Å²) in [6.45, 7) is 2.89. The average Bonchev–Trinajstić information content (AvgIpc) is 2.62. The third-order valence-corrected chi connectivity index (χ3v) is 3.78. The minimum absolute atomic E-state index is 0.238. The molecule has 8 heteroatoms. The molecule has 0 unspecified atom stereocenters. The van der Waals surface area contributed by atoms with E-state index in [0.29, 0.717) is 33.7 Å². The van der Waals surface area contributed by atoms with Gasteiger partial charge in [-0.1, -0.05) is 23.7 Å². The Morgan fingerprint density at radius 3 is 2.69 bits per heavy atom. The van der Waals surface area contributed by atoms with Gasteiger partial charge in [-0.25, -0.2) is 4.39 Å². The van der Waals surface area contributed by atoms with Crippen molar-refractivity contribution in [3.05, 3.63) is 58.4 Å². The molecular formula is C18H19ClFN3O2S. The predicted octanol–water partition coefficient (Wildman–Crippen LogP) is 3.88. The zero-order valence-electron chi connectivity index (χ0n) is 14.4.